The van der Waals surface area contributed by atoms with Crippen LogP contribution in [0.3, 0.4) is 0 Å². The van der Waals surface area contributed by atoms with E-state index in [1.54, 1.807) is 42.7 Å². The molecular formula is C26H20N6O2. The third kappa shape index (κ3) is 3.85. The summed E-state index contributed by atoms with van der Waals surface area (Å²) in [6, 6.07) is 21.9. The number of hydroxylamine groups is 1. The summed E-state index contributed by atoms with van der Waals surface area (Å²) >= 11 is 0. The van der Waals surface area contributed by atoms with Crippen LogP contribution in [-0.4, -0.2) is 25.6 Å². The van der Waals surface area contributed by atoms with Crippen LogP contribution in [-0.2, 0) is 4.84 Å². The summed E-state index contributed by atoms with van der Waals surface area (Å²) in [6.07, 6.45) is 1.61. The average Bonchev–Trinajstić information content (AvgIpc) is 3.37. The molecule has 0 radical (unpaired) electrons. The van der Waals surface area contributed by atoms with Gasteiger partial charge in [-0.2, -0.15) is 5.26 Å². The highest BCUT2D eigenvalue weighted by Crippen LogP contribution is 2.30. The van der Waals surface area contributed by atoms with E-state index in [1.165, 1.54) is 0 Å². The molecule has 1 atom stereocenters. The number of benzene rings is 3. The molecule has 0 spiro atoms. The highest BCUT2D eigenvalue weighted by atomic mass is 16.7. The van der Waals surface area contributed by atoms with Gasteiger partial charge in [0.2, 0.25) is 0 Å². The molecule has 0 saturated heterocycles. The molecule has 0 aliphatic heterocycles. The molecule has 5 rings (SSSR count). The Morgan fingerprint density at radius 2 is 1.94 bits per heavy atom. The van der Waals surface area contributed by atoms with Crippen molar-refractivity contribution >= 4 is 22.5 Å². The second-order valence-corrected chi connectivity index (χ2v) is 8.00. The van der Waals surface area contributed by atoms with Crippen LogP contribution in [0.5, 0.6) is 0 Å². The lowest BCUT2D eigenvalue weighted by molar-refractivity contribution is 0.0170. The van der Waals surface area contributed by atoms with Crippen LogP contribution in [0.15, 0.2) is 73.1 Å². The normalized spacial score (nSPS) is 11.9. The Morgan fingerprint density at radius 1 is 1.12 bits per heavy atom. The van der Waals surface area contributed by atoms with Crippen molar-refractivity contribution in [1.29, 1.82) is 5.26 Å². The molecule has 2 aromatic heterocycles. The van der Waals surface area contributed by atoms with Gasteiger partial charge in [-0.3, -0.25) is 4.40 Å². The Hall–Kier alpha value is -4.61. The van der Waals surface area contributed by atoms with E-state index in [9.17, 15) is 10.1 Å². The number of nitriles is 1. The minimum absolute atomic E-state index is 0.355. The van der Waals surface area contributed by atoms with Crippen molar-refractivity contribution in [3.63, 3.8) is 0 Å². The standard InChI is InChI=1S/C26H20N6O2/c1-16-11-21(17(2)31-34-26(33)19-8-4-3-5-9-19)23-22(12-16)25-30-28-15-32(25)24(29-23)20-10-6-7-18(13-20)14-27/h3-13,15,17,31H,1-2H3. The van der Waals surface area contributed by atoms with Crippen LogP contribution >= 0.6 is 0 Å². The molecule has 2 heterocycles. The Bertz CT molecular complexity index is 1570. The number of nitrogens with zero attached hydrogens (tertiary/aromatic N) is 5. The van der Waals surface area contributed by atoms with Gasteiger partial charge in [-0.05, 0) is 55.3 Å². The number of nitrogens with one attached hydrogen (secondary N) is 1. The lowest BCUT2D eigenvalue weighted by Crippen LogP contribution is -2.24. The SMILES string of the molecule is Cc1cc(C(C)NOC(=O)c2ccccc2)c2nc(-c3cccc(C#N)c3)n3cnnc3c2c1. The summed E-state index contributed by atoms with van der Waals surface area (Å²) < 4.78 is 1.82. The largest absolute Gasteiger partial charge is 0.366 e. The molecule has 0 saturated carbocycles. The van der Waals surface area contributed by atoms with Gasteiger partial charge in [0.1, 0.15) is 12.2 Å². The molecule has 0 amide bonds. The van der Waals surface area contributed by atoms with E-state index in [-0.39, 0.29) is 6.04 Å². The zero-order valence-electron chi connectivity index (χ0n) is 18.6. The van der Waals surface area contributed by atoms with Crippen molar-refractivity contribution in [3.8, 4) is 17.5 Å². The maximum absolute atomic E-state index is 12.4. The van der Waals surface area contributed by atoms with E-state index < -0.39 is 5.97 Å². The molecule has 166 valence electrons. The van der Waals surface area contributed by atoms with Crippen molar-refractivity contribution < 1.29 is 9.63 Å². The van der Waals surface area contributed by atoms with Crippen LogP contribution in [0.1, 0.15) is 40.0 Å². The molecule has 34 heavy (non-hydrogen) atoms. The zero-order valence-corrected chi connectivity index (χ0v) is 18.6. The molecule has 1 N–H and O–H groups in total. The van der Waals surface area contributed by atoms with E-state index >= 15 is 0 Å². The lowest BCUT2D eigenvalue weighted by atomic mass is 10.0. The minimum atomic E-state index is -0.466. The fourth-order valence-electron chi connectivity index (χ4n) is 3.94. The molecule has 0 fully saturated rings. The summed E-state index contributed by atoms with van der Waals surface area (Å²) in [5.74, 6) is 0.148. The Balaban J connectivity index is 1.59. The lowest BCUT2D eigenvalue weighted by Gasteiger charge is -2.18. The maximum atomic E-state index is 12.4. The van der Waals surface area contributed by atoms with E-state index in [0.717, 1.165) is 22.1 Å². The van der Waals surface area contributed by atoms with Gasteiger partial charge in [0.05, 0.1) is 28.8 Å². The maximum Gasteiger partial charge on any atom is 0.356 e. The molecule has 0 aliphatic carbocycles. The van der Waals surface area contributed by atoms with E-state index in [0.29, 0.717) is 28.1 Å². The quantitative estimate of drug-likeness (QED) is 0.393. The van der Waals surface area contributed by atoms with Gasteiger partial charge in [0.25, 0.3) is 0 Å². The van der Waals surface area contributed by atoms with E-state index in [2.05, 4.69) is 21.7 Å². The number of fused-ring (bicyclic) bond motifs is 3. The summed E-state index contributed by atoms with van der Waals surface area (Å²) in [5.41, 5.74) is 7.84. The molecule has 3 aromatic carbocycles. The van der Waals surface area contributed by atoms with E-state index in [4.69, 9.17) is 9.82 Å². The number of carbonyl (C=O) groups excluding carboxylic acids is 1. The number of aryl methyl sites for hydroxylation is 1. The topological polar surface area (TPSA) is 105 Å². The van der Waals surface area contributed by atoms with Gasteiger partial charge in [-0.1, -0.05) is 36.4 Å². The van der Waals surface area contributed by atoms with Crippen molar-refractivity contribution in [1.82, 2.24) is 25.1 Å². The highest BCUT2D eigenvalue weighted by molar-refractivity contribution is 5.95. The molecule has 8 nitrogen and oxygen atoms in total. The van der Waals surface area contributed by atoms with Gasteiger partial charge < -0.3 is 4.84 Å². The van der Waals surface area contributed by atoms with Crippen LogP contribution in [0.25, 0.3) is 27.9 Å². The summed E-state index contributed by atoms with van der Waals surface area (Å²) in [7, 11) is 0. The third-order valence-electron chi connectivity index (χ3n) is 5.57. The predicted octanol–water partition coefficient (Wildman–Crippen LogP) is 4.55. The molecule has 8 heteroatoms. The molecule has 0 aliphatic rings. The fourth-order valence-corrected chi connectivity index (χ4v) is 3.94. The Morgan fingerprint density at radius 3 is 2.74 bits per heavy atom. The Labute approximate surface area is 195 Å². The number of rotatable bonds is 5. The number of carbonyl (C=O) groups is 1. The van der Waals surface area contributed by atoms with Crippen molar-refractivity contribution in [2.45, 2.75) is 19.9 Å². The minimum Gasteiger partial charge on any atom is -0.366 e. The van der Waals surface area contributed by atoms with Crippen LogP contribution < -0.4 is 5.48 Å². The van der Waals surface area contributed by atoms with Crippen LogP contribution in [0.2, 0.25) is 0 Å². The van der Waals surface area contributed by atoms with Crippen LogP contribution in [0.4, 0.5) is 0 Å². The van der Waals surface area contributed by atoms with Gasteiger partial charge in [-0.25, -0.2) is 9.78 Å². The molecule has 0 bridgehead atoms. The highest BCUT2D eigenvalue weighted by Gasteiger charge is 2.19. The average molecular weight is 448 g/mol. The monoisotopic (exact) mass is 448 g/mol. The van der Waals surface area contributed by atoms with Crippen molar-refractivity contribution in [2.24, 2.45) is 0 Å². The number of aromatic nitrogens is 4. The van der Waals surface area contributed by atoms with Crippen molar-refractivity contribution in [3.05, 3.63) is 95.3 Å². The second-order valence-electron chi connectivity index (χ2n) is 8.00. The zero-order chi connectivity index (χ0) is 23.7. The molecule has 1 unspecified atom stereocenters. The second kappa shape index (κ2) is 8.73. The van der Waals surface area contributed by atoms with Gasteiger partial charge >= 0.3 is 5.97 Å². The first-order valence-electron chi connectivity index (χ1n) is 10.7. The van der Waals surface area contributed by atoms with Gasteiger partial charge in [0.15, 0.2) is 5.65 Å². The first kappa shape index (κ1) is 21.2. The third-order valence-corrected chi connectivity index (χ3v) is 5.57. The Kier molecular flexibility index (Phi) is 5.46. The molecular weight excluding hydrogens is 428 g/mol. The summed E-state index contributed by atoms with van der Waals surface area (Å²) in [4.78, 5) is 22.7. The van der Waals surface area contributed by atoms with Gasteiger partial charge in [-0.15, -0.1) is 15.7 Å². The number of hydrogen-bond acceptors (Lipinski definition) is 7. The molecule has 5 aromatic rings. The smallest absolute Gasteiger partial charge is 0.356 e. The predicted molar refractivity (Wildman–Crippen MR) is 127 cm³/mol. The first-order chi connectivity index (χ1) is 16.5. The van der Waals surface area contributed by atoms with Gasteiger partial charge in [0, 0.05) is 10.9 Å². The van der Waals surface area contributed by atoms with E-state index in [1.807, 2.05) is 48.6 Å². The number of hydrogen-bond donors (Lipinski definition) is 1. The van der Waals surface area contributed by atoms with Crippen molar-refractivity contribution in [2.75, 3.05) is 0 Å². The summed E-state index contributed by atoms with van der Waals surface area (Å²) in [5, 5.41) is 18.6. The fraction of sp³-hybridized carbons (Fsp3) is 0.115. The summed E-state index contributed by atoms with van der Waals surface area (Å²) in [6.45, 7) is 3.89. The van der Waals surface area contributed by atoms with Crippen LogP contribution in [0, 0.1) is 18.3 Å². The first-order valence-corrected chi connectivity index (χ1v) is 10.7.